The van der Waals surface area contributed by atoms with Crippen molar-refractivity contribution in [2.45, 2.75) is 39.0 Å². The molecule has 0 aliphatic carbocycles. The molecule has 0 aromatic heterocycles. The largest absolute Gasteiger partial charge is 0.462 e. The Kier molecular flexibility index (Phi) is 6.81. The molecular formula is C10H22O4Si2. The summed E-state index contributed by atoms with van der Waals surface area (Å²) >= 11 is 0. The van der Waals surface area contributed by atoms with Crippen molar-refractivity contribution in [3.63, 3.8) is 0 Å². The minimum Gasteiger partial charge on any atom is -0.462 e. The van der Waals surface area contributed by atoms with Gasteiger partial charge in [0.25, 0.3) is 0 Å². The molecule has 0 heterocycles. The SMILES string of the molecule is C=C(C)C(=O)OCCC[SiH](O)O[Si](C)(C)C. The second-order valence-electron chi connectivity index (χ2n) is 4.74. The van der Waals surface area contributed by atoms with Crippen molar-refractivity contribution in [3.8, 4) is 0 Å². The third-order valence-corrected chi connectivity index (χ3v) is 6.49. The lowest BCUT2D eigenvalue weighted by molar-refractivity contribution is -0.138. The number of rotatable bonds is 7. The maximum Gasteiger partial charge on any atom is 0.333 e. The van der Waals surface area contributed by atoms with Crippen LogP contribution in [0.3, 0.4) is 0 Å². The zero-order chi connectivity index (χ0) is 12.8. The second-order valence-corrected chi connectivity index (χ2v) is 11.4. The Balaban J connectivity index is 3.60. The highest BCUT2D eigenvalue weighted by Gasteiger charge is 2.20. The van der Waals surface area contributed by atoms with Crippen molar-refractivity contribution < 1.29 is 18.4 Å². The van der Waals surface area contributed by atoms with Crippen LogP contribution in [0.5, 0.6) is 0 Å². The predicted molar refractivity (Wildman–Crippen MR) is 69.0 cm³/mol. The van der Waals surface area contributed by atoms with Gasteiger partial charge in [-0.25, -0.2) is 4.79 Å². The van der Waals surface area contributed by atoms with E-state index in [4.69, 9.17) is 8.85 Å². The van der Waals surface area contributed by atoms with Crippen molar-refractivity contribution in [1.29, 1.82) is 0 Å². The number of carbonyl (C=O) groups excluding carboxylic acids is 1. The Morgan fingerprint density at radius 1 is 1.44 bits per heavy atom. The molecule has 4 nitrogen and oxygen atoms in total. The van der Waals surface area contributed by atoms with Gasteiger partial charge in [0.1, 0.15) is 0 Å². The van der Waals surface area contributed by atoms with Gasteiger partial charge in [0.2, 0.25) is 0 Å². The van der Waals surface area contributed by atoms with Crippen LogP contribution in [0, 0.1) is 0 Å². The third-order valence-electron chi connectivity index (χ3n) is 1.67. The highest BCUT2D eigenvalue weighted by atomic mass is 28.4. The Morgan fingerprint density at radius 2 is 2.00 bits per heavy atom. The summed E-state index contributed by atoms with van der Waals surface area (Å²) in [5.74, 6) is -0.373. The number of ether oxygens (including phenoxy) is 1. The van der Waals surface area contributed by atoms with Gasteiger partial charge < -0.3 is 13.6 Å². The number of esters is 1. The van der Waals surface area contributed by atoms with Crippen molar-refractivity contribution in [2.75, 3.05) is 6.61 Å². The van der Waals surface area contributed by atoms with Gasteiger partial charge >= 0.3 is 15.3 Å². The predicted octanol–water partition coefficient (Wildman–Crippen LogP) is 1.56. The number of carbonyl (C=O) groups is 1. The van der Waals surface area contributed by atoms with Crippen LogP contribution in [-0.2, 0) is 13.6 Å². The summed E-state index contributed by atoms with van der Waals surface area (Å²) in [5, 5.41) is 0. The minimum absolute atomic E-state index is 0.324. The fourth-order valence-electron chi connectivity index (χ4n) is 1.01. The normalized spacial score (nSPS) is 13.3. The molecule has 0 radical (unpaired) electrons. The average molecular weight is 262 g/mol. The summed E-state index contributed by atoms with van der Waals surface area (Å²) in [6, 6.07) is 0.619. The molecule has 0 aliphatic heterocycles. The first-order valence-corrected chi connectivity index (χ1v) is 10.6. The Labute approximate surface area is 100 Å². The topological polar surface area (TPSA) is 55.8 Å². The van der Waals surface area contributed by atoms with Crippen LogP contribution in [0.4, 0.5) is 0 Å². The first-order valence-electron chi connectivity index (χ1n) is 5.41. The van der Waals surface area contributed by atoms with Gasteiger partial charge in [0.05, 0.1) is 6.61 Å². The molecule has 1 unspecified atom stereocenters. The first kappa shape index (κ1) is 15.6. The van der Waals surface area contributed by atoms with E-state index in [0.29, 0.717) is 24.6 Å². The van der Waals surface area contributed by atoms with Crippen LogP contribution in [-0.4, -0.2) is 35.0 Å². The van der Waals surface area contributed by atoms with Crippen LogP contribution in [0.1, 0.15) is 13.3 Å². The van der Waals surface area contributed by atoms with Crippen molar-refractivity contribution >= 4 is 23.6 Å². The summed E-state index contributed by atoms with van der Waals surface area (Å²) in [7, 11) is -3.70. The highest BCUT2D eigenvalue weighted by Crippen LogP contribution is 2.08. The fraction of sp³-hybridized carbons (Fsp3) is 0.700. The highest BCUT2D eigenvalue weighted by molar-refractivity contribution is 6.75. The van der Waals surface area contributed by atoms with E-state index >= 15 is 0 Å². The molecule has 0 bridgehead atoms. The lowest BCUT2D eigenvalue weighted by atomic mass is 10.4. The minimum atomic E-state index is -2.07. The van der Waals surface area contributed by atoms with E-state index in [1.807, 2.05) is 19.6 Å². The molecule has 16 heavy (non-hydrogen) atoms. The quantitative estimate of drug-likeness (QED) is 0.327. The molecular weight excluding hydrogens is 240 g/mol. The van der Waals surface area contributed by atoms with Crippen LogP contribution in [0.25, 0.3) is 0 Å². The van der Waals surface area contributed by atoms with Gasteiger partial charge in [-0.1, -0.05) is 6.58 Å². The summed E-state index contributed by atoms with van der Waals surface area (Å²) in [6.07, 6.45) is 0.650. The maximum atomic E-state index is 11.0. The number of hydrogen-bond donors (Lipinski definition) is 1. The van der Waals surface area contributed by atoms with Gasteiger partial charge in [-0.2, -0.15) is 0 Å². The van der Waals surface area contributed by atoms with Gasteiger partial charge in [0.15, 0.2) is 8.32 Å². The summed E-state index contributed by atoms with van der Waals surface area (Å²) in [5.41, 5.74) is 0.399. The Bertz CT molecular complexity index is 248. The van der Waals surface area contributed by atoms with Gasteiger partial charge in [-0.3, -0.25) is 0 Å². The van der Waals surface area contributed by atoms with Crippen molar-refractivity contribution in [2.24, 2.45) is 0 Å². The monoisotopic (exact) mass is 262 g/mol. The first-order chi connectivity index (χ1) is 7.22. The number of hydrogen-bond acceptors (Lipinski definition) is 4. The lowest BCUT2D eigenvalue weighted by Gasteiger charge is -2.21. The molecule has 0 saturated heterocycles. The molecule has 0 aromatic rings. The molecule has 1 atom stereocenters. The van der Waals surface area contributed by atoms with Crippen LogP contribution in [0.15, 0.2) is 12.2 Å². The zero-order valence-electron chi connectivity index (χ0n) is 10.6. The zero-order valence-corrected chi connectivity index (χ0v) is 12.7. The van der Waals surface area contributed by atoms with Gasteiger partial charge in [-0.15, -0.1) is 0 Å². The summed E-state index contributed by atoms with van der Waals surface area (Å²) < 4.78 is 10.5. The Morgan fingerprint density at radius 3 is 2.44 bits per heavy atom. The summed E-state index contributed by atoms with van der Waals surface area (Å²) in [4.78, 5) is 20.7. The van der Waals surface area contributed by atoms with E-state index in [2.05, 4.69) is 6.58 Å². The van der Waals surface area contributed by atoms with Gasteiger partial charge in [-0.05, 0) is 39.0 Å². The molecule has 0 amide bonds. The van der Waals surface area contributed by atoms with E-state index < -0.39 is 17.6 Å². The smallest absolute Gasteiger partial charge is 0.333 e. The summed E-state index contributed by atoms with van der Waals surface area (Å²) in [6.45, 7) is 11.6. The van der Waals surface area contributed by atoms with E-state index in [0.717, 1.165) is 0 Å². The van der Waals surface area contributed by atoms with E-state index in [1.54, 1.807) is 6.92 Å². The van der Waals surface area contributed by atoms with Crippen LogP contribution >= 0.6 is 0 Å². The molecule has 0 aromatic carbocycles. The van der Waals surface area contributed by atoms with E-state index in [1.165, 1.54) is 0 Å². The molecule has 0 spiro atoms. The molecule has 0 fully saturated rings. The molecule has 94 valence electrons. The maximum absolute atomic E-state index is 11.0. The molecule has 6 heteroatoms. The van der Waals surface area contributed by atoms with E-state index in [9.17, 15) is 9.59 Å². The second kappa shape index (κ2) is 7.00. The Hall–Kier alpha value is -0.436. The third kappa shape index (κ3) is 8.84. The molecule has 0 saturated carbocycles. The van der Waals surface area contributed by atoms with Gasteiger partial charge in [0, 0.05) is 5.57 Å². The van der Waals surface area contributed by atoms with Crippen LogP contribution < -0.4 is 0 Å². The van der Waals surface area contributed by atoms with Crippen molar-refractivity contribution in [3.05, 3.63) is 12.2 Å². The van der Waals surface area contributed by atoms with Crippen LogP contribution in [0.2, 0.25) is 25.7 Å². The van der Waals surface area contributed by atoms with E-state index in [-0.39, 0.29) is 5.97 Å². The molecule has 0 rings (SSSR count). The van der Waals surface area contributed by atoms with Crippen molar-refractivity contribution in [1.82, 2.24) is 0 Å². The lowest BCUT2D eigenvalue weighted by Crippen LogP contribution is -2.34. The standard InChI is InChI=1S/C10H22O4Si2/c1-9(2)10(11)13-7-6-8-15(12)14-16(3,4)5/h12,15H,1,6-8H2,2-5H3. The molecule has 0 aliphatic rings. The fourth-order valence-corrected chi connectivity index (χ4v) is 5.27. The average Bonchev–Trinajstić information content (AvgIpc) is 2.08. The molecule has 1 N–H and O–H groups in total.